The Kier molecular flexibility index (Phi) is 5.87. The van der Waals surface area contributed by atoms with Crippen molar-refractivity contribution in [2.24, 2.45) is 5.92 Å². The van der Waals surface area contributed by atoms with Gasteiger partial charge in [-0.1, -0.05) is 16.8 Å². The molecule has 1 fully saturated rings. The first-order valence-corrected chi connectivity index (χ1v) is 11.9. The Morgan fingerprint density at radius 3 is 2.77 bits per heavy atom. The summed E-state index contributed by atoms with van der Waals surface area (Å²) in [5, 5.41) is 6.87. The number of sulfonamides is 1. The van der Waals surface area contributed by atoms with E-state index in [1.807, 2.05) is 0 Å². The van der Waals surface area contributed by atoms with E-state index in [1.54, 1.807) is 25.1 Å². The first-order chi connectivity index (χ1) is 14.7. The number of hydrogen-bond acceptors (Lipinski definition) is 6. The summed E-state index contributed by atoms with van der Waals surface area (Å²) in [7, 11) is -3.97. The van der Waals surface area contributed by atoms with Crippen molar-refractivity contribution >= 4 is 62.4 Å². The molecule has 0 radical (unpaired) electrons. The Hall–Kier alpha value is -2.69. The van der Waals surface area contributed by atoms with E-state index in [4.69, 9.17) is 16.1 Å². The number of aryl methyl sites for hydroxylation is 1. The lowest BCUT2D eigenvalue weighted by Gasteiger charge is -2.07. The van der Waals surface area contributed by atoms with Crippen LogP contribution in [-0.4, -0.2) is 19.5 Å². The van der Waals surface area contributed by atoms with Crippen LogP contribution >= 0.6 is 22.9 Å². The monoisotopic (exact) mass is 481 g/mol. The predicted molar refractivity (Wildman–Crippen MR) is 118 cm³/mol. The van der Waals surface area contributed by atoms with Crippen LogP contribution in [0.15, 0.2) is 39.1 Å². The van der Waals surface area contributed by atoms with Gasteiger partial charge in [0.25, 0.3) is 10.0 Å². The molecule has 11 heteroatoms. The van der Waals surface area contributed by atoms with Crippen molar-refractivity contribution < 1.29 is 22.1 Å². The highest BCUT2D eigenvalue weighted by Gasteiger charge is 2.30. The van der Waals surface area contributed by atoms with Crippen molar-refractivity contribution in [3.63, 3.8) is 0 Å². The molecule has 7 nitrogen and oxygen atoms in total. The Labute approximate surface area is 187 Å². The highest BCUT2D eigenvalue weighted by Crippen LogP contribution is 2.32. The molecule has 1 aromatic carbocycles. The third-order valence-corrected chi connectivity index (χ3v) is 7.67. The van der Waals surface area contributed by atoms with Crippen LogP contribution in [0.25, 0.3) is 12.2 Å². The number of nitrogens with zero attached hydrogens (tertiary/aromatic N) is 1. The minimum atomic E-state index is -3.97. The van der Waals surface area contributed by atoms with Crippen molar-refractivity contribution in [2.45, 2.75) is 24.0 Å². The zero-order valence-corrected chi connectivity index (χ0v) is 18.6. The van der Waals surface area contributed by atoms with Crippen LogP contribution in [0, 0.1) is 18.7 Å². The van der Waals surface area contributed by atoms with Gasteiger partial charge in [-0.3, -0.25) is 9.52 Å². The predicted octanol–water partition coefficient (Wildman–Crippen LogP) is 5.16. The molecule has 2 heterocycles. The van der Waals surface area contributed by atoms with Gasteiger partial charge in [-0.2, -0.15) is 0 Å². The lowest BCUT2D eigenvalue weighted by Crippen LogP contribution is -2.14. The summed E-state index contributed by atoms with van der Waals surface area (Å²) in [5.41, 5.74) is 0.859. The summed E-state index contributed by atoms with van der Waals surface area (Å²) < 4.78 is 46.6. The summed E-state index contributed by atoms with van der Waals surface area (Å²) in [4.78, 5) is 12.7. The van der Waals surface area contributed by atoms with Crippen LogP contribution in [0.3, 0.4) is 0 Å². The second-order valence-corrected chi connectivity index (χ2v) is 10.5. The number of carbonyl (C=O) groups is 1. The Morgan fingerprint density at radius 2 is 2.06 bits per heavy atom. The van der Waals surface area contributed by atoms with Crippen LogP contribution in [-0.2, 0) is 14.8 Å². The van der Waals surface area contributed by atoms with Crippen LogP contribution in [0.1, 0.15) is 29.2 Å². The van der Waals surface area contributed by atoms with Gasteiger partial charge < -0.3 is 9.84 Å². The smallest absolute Gasteiger partial charge is 0.271 e. The number of carbonyl (C=O) groups excluding carboxylic acids is 1. The van der Waals surface area contributed by atoms with Gasteiger partial charge in [0.2, 0.25) is 5.91 Å². The van der Waals surface area contributed by atoms with Gasteiger partial charge in [-0.25, -0.2) is 12.8 Å². The molecular formula is C20H17ClFN3O4S2. The molecule has 1 aliphatic rings. The Balaban J connectivity index is 1.50. The molecule has 1 aliphatic carbocycles. The first kappa shape index (κ1) is 21.5. The summed E-state index contributed by atoms with van der Waals surface area (Å²) in [6, 6.07) is 6.71. The Morgan fingerprint density at radius 1 is 1.29 bits per heavy atom. The standard InChI is InChI=1S/C20H17ClFN3O4S2/c1-11-19(23-20(26)12-2-3-12)17(29-24-11)8-5-14-6-9-18(30-14)31(27,28)25-16-7-4-13(21)10-15(16)22/h4-10,12,25H,2-3H2,1H3,(H,23,26). The molecular weight excluding hydrogens is 465 g/mol. The molecule has 2 N–H and O–H groups in total. The molecule has 0 aliphatic heterocycles. The van der Waals surface area contributed by atoms with E-state index in [1.165, 1.54) is 18.2 Å². The van der Waals surface area contributed by atoms with Gasteiger partial charge >= 0.3 is 0 Å². The van der Waals surface area contributed by atoms with Crippen LogP contribution in [0.5, 0.6) is 0 Å². The number of amides is 1. The van der Waals surface area contributed by atoms with Crippen LogP contribution in [0.2, 0.25) is 5.02 Å². The maximum Gasteiger partial charge on any atom is 0.271 e. The Bertz CT molecular complexity index is 1280. The number of rotatable bonds is 7. The molecule has 0 saturated heterocycles. The van der Waals surface area contributed by atoms with Crippen LogP contribution in [0.4, 0.5) is 15.8 Å². The number of hydrogen-bond donors (Lipinski definition) is 2. The highest BCUT2D eigenvalue weighted by molar-refractivity contribution is 7.94. The topological polar surface area (TPSA) is 101 Å². The SMILES string of the molecule is Cc1noc(C=Cc2ccc(S(=O)(=O)Nc3ccc(Cl)cc3F)s2)c1NC(=O)C1CC1. The molecule has 162 valence electrons. The van der Waals surface area contributed by atoms with E-state index in [9.17, 15) is 17.6 Å². The summed E-state index contributed by atoms with van der Waals surface area (Å²) in [6.07, 6.45) is 5.01. The number of thiophene rings is 1. The largest absolute Gasteiger partial charge is 0.354 e. The molecule has 0 atom stereocenters. The van der Waals surface area contributed by atoms with Crippen LogP contribution < -0.4 is 10.0 Å². The number of aromatic nitrogens is 1. The van der Waals surface area contributed by atoms with Gasteiger partial charge in [0.15, 0.2) is 5.76 Å². The summed E-state index contributed by atoms with van der Waals surface area (Å²) in [5.74, 6) is -0.431. The fraction of sp³-hybridized carbons (Fsp3) is 0.200. The zero-order valence-electron chi connectivity index (χ0n) is 16.2. The van der Waals surface area contributed by atoms with Crippen molar-refractivity contribution in [2.75, 3.05) is 10.0 Å². The second kappa shape index (κ2) is 8.45. The van der Waals surface area contributed by atoms with E-state index in [2.05, 4.69) is 15.2 Å². The van der Waals surface area contributed by atoms with Crippen molar-refractivity contribution in [1.29, 1.82) is 0 Å². The molecule has 31 heavy (non-hydrogen) atoms. The average Bonchev–Trinajstić information content (AvgIpc) is 3.36. The minimum Gasteiger partial charge on any atom is -0.354 e. The van der Waals surface area contributed by atoms with Crippen molar-refractivity contribution in [1.82, 2.24) is 5.16 Å². The molecule has 1 saturated carbocycles. The van der Waals surface area contributed by atoms with E-state index >= 15 is 0 Å². The number of anilines is 2. The van der Waals surface area contributed by atoms with Gasteiger partial charge in [-0.05, 0) is 62.2 Å². The van der Waals surface area contributed by atoms with E-state index in [-0.39, 0.29) is 26.7 Å². The second-order valence-electron chi connectivity index (χ2n) is 6.99. The maximum absolute atomic E-state index is 13.9. The molecule has 0 spiro atoms. The highest BCUT2D eigenvalue weighted by atomic mass is 35.5. The fourth-order valence-corrected chi connectivity index (χ4v) is 5.17. The van der Waals surface area contributed by atoms with Gasteiger partial charge in [-0.15, -0.1) is 11.3 Å². The normalized spacial score (nSPS) is 14.2. The van der Waals surface area contributed by atoms with Crippen molar-refractivity contribution in [3.8, 4) is 0 Å². The quantitative estimate of drug-likeness (QED) is 0.485. The minimum absolute atomic E-state index is 0.0116. The number of halogens is 2. The molecule has 3 aromatic rings. The van der Waals surface area contributed by atoms with Gasteiger partial charge in [0.1, 0.15) is 21.4 Å². The van der Waals surface area contributed by atoms with Crippen molar-refractivity contribution in [3.05, 3.63) is 57.5 Å². The molecule has 1 amide bonds. The average molecular weight is 482 g/mol. The molecule has 0 unspecified atom stereocenters. The lowest BCUT2D eigenvalue weighted by molar-refractivity contribution is -0.117. The zero-order chi connectivity index (χ0) is 22.2. The van der Waals surface area contributed by atoms with E-state index < -0.39 is 15.8 Å². The van der Waals surface area contributed by atoms with Gasteiger partial charge in [0, 0.05) is 15.8 Å². The van der Waals surface area contributed by atoms with E-state index in [0.717, 1.165) is 30.2 Å². The summed E-state index contributed by atoms with van der Waals surface area (Å²) in [6.45, 7) is 1.72. The number of nitrogens with one attached hydrogen (secondary N) is 2. The van der Waals surface area contributed by atoms with Gasteiger partial charge in [0.05, 0.1) is 5.69 Å². The molecule has 2 aromatic heterocycles. The summed E-state index contributed by atoms with van der Waals surface area (Å²) >= 11 is 6.69. The third kappa shape index (κ3) is 4.97. The number of benzene rings is 1. The first-order valence-electron chi connectivity index (χ1n) is 9.26. The molecule has 4 rings (SSSR count). The van der Waals surface area contributed by atoms with E-state index in [0.29, 0.717) is 22.0 Å². The maximum atomic E-state index is 13.9. The fourth-order valence-electron chi connectivity index (χ4n) is 2.72. The third-order valence-electron chi connectivity index (χ3n) is 4.53. The lowest BCUT2D eigenvalue weighted by atomic mass is 10.2. The molecule has 0 bridgehead atoms.